The molecule has 1 aromatic rings. The Morgan fingerprint density at radius 1 is 1.23 bits per heavy atom. The lowest BCUT2D eigenvalue weighted by Crippen LogP contribution is -2.48. The van der Waals surface area contributed by atoms with Gasteiger partial charge in [-0.1, -0.05) is 25.1 Å². The third-order valence-electron chi connectivity index (χ3n) is 5.22. The molecule has 4 rings (SSSR count). The monoisotopic (exact) mass is 368 g/mol. The van der Waals surface area contributed by atoms with Crippen LogP contribution in [0.15, 0.2) is 24.3 Å². The smallest absolute Gasteiger partial charge is 0.340 e. The summed E-state index contributed by atoms with van der Waals surface area (Å²) < 4.78 is 38.5. The van der Waals surface area contributed by atoms with E-state index < -0.39 is 11.7 Å². The van der Waals surface area contributed by atoms with E-state index in [-0.39, 0.29) is 30.2 Å². The topological polar surface area (TPSA) is 40.6 Å². The maximum absolute atomic E-state index is 12.8. The largest absolute Gasteiger partial charge is 0.416 e. The van der Waals surface area contributed by atoms with Crippen molar-refractivity contribution in [3.63, 3.8) is 0 Å². The van der Waals surface area contributed by atoms with E-state index in [4.69, 9.17) is 0 Å². The van der Waals surface area contributed by atoms with Gasteiger partial charge in [0, 0.05) is 25.7 Å². The van der Waals surface area contributed by atoms with Gasteiger partial charge >= 0.3 is 6.18 Å². The first-order valence-electron chi connectivity index (χ1n) is 9.04. The molecule has 142 valence electrons. The van der Waals surface area contributed by atoms with Crippen LogP contribution in [0.3, 0.4) is 0 Å². The minimum absolute atomic E-state index is 0.0201. The molecule has 1 aromatic carbocycles. The molecule has 0 radical (unpaired) electrons. The predicted octanol–water partition coefficient (Wildman–Crippen LogP) is 3.11. The van der Waals surface area contributed by atoms with Gasteiger partial charge in [0.1, 0.15) is 0 Å². The van der Waals surface area contributed by atoms with E-state index >= 15 is 0 Å². The van der Waals surface area contributed by atoms with Crippen molar-refractivity contribution in [2.24, 2.45) is 5.92 Å². The number of nitrogens with zero attached hydrogens (tertiary/aromatic N) is 2. The van der Waals surface area contributed by atoms with Crippen LogP contribution in [-0.2, 0) is 22.2 Å². The summed E-state index contributed by atoms with van der Waals surface area (Å²) in [6.07, 6.45) is -1.98. The quantitative estimate of drug-likeness (QED) is 0.819. The van der Waals surface area contributed by atoms with Crippen LogP contribution in [-0.4, -0.2) is 47.3 Å². The summed E-state index contributed by atoms with van der Waals surface area (Å²) in [6.45, 7) is 3.55. The summed E-state index contributed by atoms with van der Waals surface area (Å²) in [5, 5.41) is 0. The number of carbonyl (C=O) groups excluding carboxylic acids is 2. The summed E-state index contributed by atoms with van der Waals surface area (Å²) >= 11 is 0. The molecule has 0 spiro atoms. The van der Waals surface area contributed by atoms with Crippen molar-refractivity contribution < 1.29 is 22.8 Å². The second-order valence-corrected chi connectivity index (χ2v) is 7.13. The summed E-state index contributed by atoms with van der Waals surface area (Å²) in [5.41, 5.74) is -0.402. The van der Waals surface area contributed by atoms with Crippen molar-refractivity contribution in [1.82, 2.24) is 9.80 Å². The Morgan fingerprint density at radius 3 is 2.69 bits per heavy atom. The number of alkyl halides is 3. The van der Waals surface area contributed by atoms with Crippen molar-refractivity contribution in [3.05, 3.63) is 35.4 Å². The van der Waals surface area contributed by atoms with Crippen molar-refractivity contribution in [3.8, 4) is 0 Å². The van der Waals surface area contributed by atoms with Gasteiger partial charge in [0.15, 0.2) is 0 Å². The number of carbonyl (C=O) groups is 2. The molecule has 2 bridgehead atoms. The average Bonchev–Trinajstić information content (AvgIpc) is 2.87. The van der Waals surface area contributed by atoms with Crippen LogP contribution in [0.4, 0.5) is 13.2 Å². The number of fused-ring (bicyclic) bond motifs is 4. The van der Waals surface area contributed by atoms with Gasteiger partial charge in [0.25, 0.3) is 0 Å². The van der Waals surface area contributed by atoms with Crippen molar-refractivity contribution in [1.29, 1.82) is 0 Å². The molecule has 0 aromatic heterocycles. The molecular formula is C19H23F3N2O2. The Bertz CT molecular complexity index is 690. The van der Waals surface area contributed by atoms with Gasteiger partial charge in [-0.2, -0.15) is 13.2 Å². The molecule has 2 amide bonds. The molecule has 0 unspecified atom stereocenters. The third kappa shape index (κ3) is 3.86. The number of piperidine rings is 1. The zero-order valence-electron chi connectivity index (χ0n) is 14.8. The second-order valence-electron chi connectivity index (χ2n) is 7.13. The minimum Gasteiger partial charge on any atom is -0.340 e. The molecule has 26 heavy (non-hydrogen) atoms. The number of amides is 2. The van der Waals surface area contributed by atoms with Gasteiger partial charge in [0.05, 0.1) is 17.9 Å². The normalized spacial score (nSPS) is 23.3. The van der Waals surface area contributed by atoms with Crippen molar-refractivity contribution >= 4 is 11.8 Å². The molecular weight excluding hydrogens is 345 g/mol. The highest BCUT2D eigenvalue weighted by molar-refractivity contribution is 5.84. The van der Waals surface area contributed by atoms with E-state index in [0.29, 0.717) is 25.2 Å². The molecule has 0 N–H and O–H groups in total. The lowest BCUT2D eigenvalue weighted by atomic mass is 9.94. The fourth-order valence-electron chi connectivity index (χ4n) is 3.92. The second kappa shape index (κ2) is 7.29. The van der Waals surface area contributed by atoms with E-state index in [1.54, 1.807) is 4.90 Å². The zero-order valence-corrected chi connectivity index (χ0v) is 14.8. The number of hydrogen-bond acceptors (Lipinski definition) is 2. The Balaban J connectivity index is 1.72. The van der Waals surface area contributed by atoms with Gasteiger partial charge in [-0.25, -0.2) is 0 Å². The third-order valence-corrected chi connectivity index (χ3v) is 5.22. The van der Waals surface area contributed by atoms with Crippen LogP contribution in [0.5, 0.6) is 0 Å². The van der Waals surface area contributed by atoms with E-state index in [2.05, 4.69) is 0 Å². The van der Waals surface area contributed by atoms with E-state index in [0.717, 1.165) is 31.4 Å². The maximum atomic E-state index is 12.8. The predicted molar refractivity (Wildman–Crippen MR) is 90.2 cm³/mol. The van der Waals surface area contributed by atoms with Gasteiger partial charge in [-0.15, -0.1) is 0 Å². The molecule has 3 fully saturated rings. The molecule has 3 heterocycles. The first-order valence-corrected chi connectivity index (χ1v) is 9.04. The van der Waals surface area contributed by atoms with Gasteiger partial charge in [0.2, 0.25) is 11.8 Å². The Kier molecular flexibility index (Phi) is 5.25. The van der Waals surface area contributed by atoms with Crippen LogP contribution >= 0.6 is 0 Å². The molecule has 0 aliphatic carbocycles. The van der Waals surface area contributed by atoms with Crippen LogP contribution in [0.1, 0.15) is 37.3 Å². The first-order chi connectivity index (χ1) is 12.3. The van der Waals surface area contributed by atoms with Crippen LogP contribution in [0.2, 0.25) is 0 Å². The van der Waals surface area contributed by atoms with E-state index in [9.17, 15) is 22.8 Å². The van der Waals surface area contributed by atoms with Crippen LogP contribution < -0.4 is 0 Å². The number of halogens is 3. The van der Waals surface area contributed by atoms with Gasteiger partial charge in [-0.3, -0.25) is 9.59 Å². The summed E-state index contributed by atoms with van der Waals surface area (Å²) in [7, 11) is 0. The number of rotatable bonds is 4. The summed E-state index contributed by atoms with van der Waals surface area (Å²) in [5.74, 6) is -0.296. The molecule has 3 aliphatic rings. The van der Waals surface area contributed by atoms with Crippen LogP contribution in [0.25, 0.3) is 0 Å². The van der Waals surface area contributed by atoms with Crippen molar-refractivity contribution in [2.45, 2.75) is 44.8 Å². The molecule has 3 aliphatic heterocycles. The highest BCUT2D eigenvalue weighted by Gasteiger charge is 2.41. The van der Waals surface area contributed by atoms with Crippen molar-refractivity contribution in [2.75, 3.05) is 19.6 Å². The standard InChI is InChI=1S/C19H23F3N2O2/c1-2-8-24-16-7-6-14(18(24)26)11-23(12-16)17(25)10-13-4-3-5-15(9-13)19(20,21)22/h3-5,9,14,16H,2,6-8,10-12H2,1H3/t14-,16+/m0/s1. The van der Waals surface area contributed by atoms with Crippen LogP contribution in [0, 0.1) is 5.92 Å². The highest BCUT2D eigenvalue weighted by atomic mass is 19.4. The molecule has 2 atom stereocenters. The molecule has 4 nitrogen and oxygen atoms in total. The fraction of sp³-hybridized carbons (Fsp3) is 0.579. The Hall–Kier alpha value is -2.05. The number of benzene rings is 1. The highest BCUT2D eigenvalue weighted by Crippen LogP contribution is 2.31. The lowest BCUT2D eigenvalue weighted by molar-refractivity contribution is -0.140. The number of hydrogen-bond donors (Lipinski definition) is 0. The van der Waals surface area contributed by atoms with Gasteiger partial charge < -0.3 is 9.80 Å². The fourth-order valence-corrected chi connectivity index (χ4v) is 3.92. The zero-order chi connectivity index (χ0) is 18.9. The molecule has 3 saturated heterocycles. The summed E-state index contributed by atoms with van der Waals surface area (Å²) in [4.78, 5) is 28.8. The molecule has 7 heteroatoms. The average molecular weight is 368 g/mol. The Morgan fingerprint density at radius 2 is 2.00 bits per heavy atom. The summed E-state index contributed by atoms with van der Waals surface area (Å²) in [6, 6.07) is 4.91. The first kappa shape index (κ1) is 18.7. The maximum Gasteiger partial charge on any atom is 0.416 e. The van der Waals surface area contributed by atoms with E-state index in [1.807, 2.05) is 11.8 Å². The van der Waals surface area contributed by atoms with E-state index in [1.165, 1.54) is 12.1 Å². The lowest BCUT2D eigenvalue weighted by Gasteiger charge is -2.35. The SMILES string of the molecule is CCCN1C(=O)[C@H]2CC[C@@H]1CN(C(=O)Cc1cccc(C(F)(F)F)c1)C2. The van der Waals surface area contributed by atoms with Gasteiger partial charge in [-0.05, 0) is 30.9 Å². The minimum atomic E-state index is -4.42. The Labute approximate surface area is 151 Å². The molecule has 0 saturated carbocycles.